The summed E-state index contributed by atoms with van der Waals surface area (Å²) < 4.78 is 13.6. The molecule has 0 spiro atoms. The molecule has 2 aromatic carbocycles. The molecule has 0 bridgehead atoms. The van der Waals surface area contributed by atoms with Crippen molar-refractivity contribution in [3.05, 3.63) is 47.2 Å². The molecular weight excluding hydrogens is 296 g/mol. The van der Waals surface area contributed by atoms with Crippen molar-refractivity contribution in [1.29, 1.82) is 0 Å². The molecule has 0 saturated heterocycles. The van der Waals surface area contributed by atoms with Gasteiger partial charge in [0.15, 0.2) is 11.5 Å². The molecular formula is C17H14N2O2S. The van der Waals surface area contributed by atoms with E-state index >= 15 is 0 Å². The molecule has 1 aliphatic heterocycles. The monoisotopic (exact) mass is 310 g/mol. The van der Waals surface area contributed by atoms with Gasteiger partial charge >= 0.3 is 0 Å². The van der Waals surface area contributed by atoms with Gasteiger partial charge in [0.05, 0.1) is 11.2 Å². The van der Waals surface area contributed by atoms with Crippen LogP contribution in [0.1, 0.15) is 6.92 Å². The van der Waals surface area contributed by atoms with E-state index in [0.29, 0.717) is 4.77 Å². The molecule has 0 N–H and O–H groups in total. The van der Waals surface area contributed by atoms with Crippen LogP contribution < -0.4 is 9.47 Å². The smallest absolute Gasteiger partial charge is 0.231 e. The Balaban J connectivity index is 2.12. The molecule has 110 valence electrons. The van der Waals surface area contributed by atoms with Gasteiger partial charge in [-0.3, -0.25) is 0 Å². The number of hydrogen-bond donors (Lipinski definition) is 0. The van der Waals surface area contributed by atoms with Gasteiger partial charge in [-0.15, -0.1) is 0 Å². The molecule has 4 rings (SSSR count). The van der Waals surface area contributed by atoms with Crippen molar-refractivity contribution >= 4 is 23.1 Å². The zero-order chi connectivity index (χ0) is 15.1. The molecule has 0 aliphatic carbocycles. The van der Waals surface area contributed by atoms with Gasteiger partial charge in [-0.05, 0) is 25.2 Å². The van der Waals surface area contributed by atoms with E-state index in [1.807, 2.05) is 47.0 Å². The van der Waals surface area contributed by atoms with Crippen molar-refractivity contribution in [1.82, 2.24) is 9.55 Å². The molecule has 1 aliphatic rings. The minimum Gasteiger partial charge on any atom is -0.454 e. The molecule has 0 atom stereocenters. The van der Waals surface area contributed by atoms with Gasteiger partial charge in [-0.1, -0.05) is 30.3 Å². The van der Waals surface area contributed by atoms with Crippen LogP contribution in [0, 0.1) is 4.77 Å². The first kappa shape index (κ1) is 13.3. The van der Waals surface area contributed by atoms with Gasteiger partial charge in [-0.25, -0.2) is 4.98 Å². The third kappa shape index (κ3) is 1.97. The quantitative estimate of drug-likeness (QED) is 0.665. The Labute approximate surface area is 132 Å². The Morgan fingerprint density at radius 3 is 2.59 bits per heavy atom. The molecule has 0 amide bonds. The predicted octanol–water partition coefficient (Wildman–Crippen LogP) is 4.18. The van der Waals surface area contributed by atoms with E-state index in [0.717, 1.165) is 40.2 Å². The fourth-order valence-electron chi connectivity index (χ4n) is 2.79. The van der Waals surface area contributed by atoms with Crippen LogP contribution in [-0.4, -0.2) is 16.3 Å². The van der Waals surface area contributed by atoms with Gasteiger partial charge in [0, 0.05) is 23.6 Å². The summed E-state index contributed by atoms with van der Waals surface area (Å²) in [5.41, 5.74) is 2.94. The lowest BCUT2D eigenvalue weighted by atomic mass is 10.1. The second-order valence-electron chi connectivity index (χ2n) is 5.08. The number of aryl methyl sites for hydroxylation is 1. The van der Waals surface area contributed by atoms with E-state index in [-0.39, 0.29) is 6.79 Å². The van der Waals surface area contributed by atoms with Gasteiger partial charge in [-0.2, -0.15) is 0 Å². The van der Waals surface area contributed by atoms with Gasteiger partial charge in [0.2, 0.25) is 11.6 Å². The predicted molar refractivity (Wildman–Crippen MR) is 87.8 cm³/mol. The first-order valence-electron chi connectivity index (χ1n) is 7.17. The minimum absolute atomic E-state index is 0.257. The highest BCUT2D eigenvalue weighted by molar-refractivity contribution is 7.71. The Morgan fingerprint density at radius 1 is 1.14 bits per heavy atom. The Kier molecular flexibility index (Phi) is 3.08. The molecule has 0 saturated carbocycles. The summed E-state index contributed by atoms with van der Waals surface area (Å²) in [7, 11) is 0. The third-order valence-electron chi connectivity index (χ3n) is 3.84. The zero-order valence-electron chi connectivity index (χ0n) is 12.1. The molecule has 0 unspecified atom stereocenters. The van der Waals surface area contributed by atoms with Crippen LogP contribution >= 0.6 is 12.2 Å². The van der Waals surface area contributed by atoms with Gasteiger partial charge in [0.25, 0.3) is 0 Å². The minimum atomic E-state index is 0.257. The summed E-state index contributed by atoms with van der Waals surface area (Å²) in [5.74, 6) is 1.51. The standard InChI is InChI=1S/C17H14N2O2S/c1-2-19-13-9-15-14(20-10-21-15)8-12(13)16(18-17(19)22)11-6-4-3-5-7-11/h3-9H,2,10H2,1H3. The molecule has 2 heterocycles. The van der Waals surface area contributed by atoms with Crippen LogP contribution in [0.2, 0.25) is 0 Å². The second kappa shape index (κ2) is 5.10. The summed E-state index contributed by atoms with van der Waals surface area (Å²) in [5, 5.41) is 1.02. The maximum atomic E-state index is 5.52. The average Bonchev–Trinajstić information content (AvgIpc) is 3.00. The lowest BCUT2D eigenvalue weighted by molar-refractivity contribution is 0.174. The van der Waals surface area contributed by atoms with E-state index in [4.69, 9.17) is 21.7 Å². The normalized spacial score (nSPS) is 12.8. The summed E-state index contributed by atoms with van der Waals surface area (Å²) in [6.07, 6.45) is 0. The van der Waals surface area contributed by atoms with Crippen molar-refractivity contribution in [2.24, 2.45) is 0 Å². The highest BCUT2D eigenvalue weighted by atomic mass is 32.1. The van der Waals surface area contributed by atoms with Crippen LogP contribution in [0.3, 0.4) is 0 Å². The first-order valence-corrected chi connectivity index (χ1v) is 7.58. The molecule has 5 heteroatoms. The molecule has 0 fully saturated rings. The first-order chi connectivity index (χ1) is 10.8. The van der Waals surface area contributed by atoms with E-state index in [1.165, 1.54) is 0 Å². The maximum absolute atomic E-state index is 5.52. The third-order valence-corrected chi connectivity index (χ3v) is 4.15. The van der Waals surface area contributed by atoms with Crippen LogP contribution in [0.15, 0.2) is 42.5 Å². The fourth-order valence-corrected chi connectivity index (χ4v) is 3.10. The number of fused-ring (bicyclic) bond motifs is 2. The van der Waals surface area contributed by atoms with Crippen LogP contribution in [0.4, 0.5) is 0 Å². The summed E-state index contributed by atoms with van der Waals surface area (Å²) >= 11 is 5.47. The number of aromatic nitrogens is 2. The molecule has 1 aromatic heterocycles. The number of benzene rings is 2. The number of nitrogens with zero attached hydrogens (tertiary/aromatic N) is 2. The average molecular weight is 310 g/mol. The lowest BCUT2D eigenvalue weighted by Crippen LogP contribution is -2.03. The largest absolute Gasteiger partial charge is 0.454 e. The van der Waals surface area contributed by atoms with Crippen molar-refractivity contribution in [2.45, 2.75) is 13.5 Å². The van der Waals surface area contributed by atoms with Gasteiger partial charge < -0.3 is 14.0 Å². The Hall–Kier alpha value is -2.40. The lowest BCUT2D eigenvalue weighted by Gasteiger charge is -2.13. The summed E-state index contributed by atoms with van der Waals surface area (Å²) in [4.78, 5) is 4.65. The van der Waals surface area contributed by atoms with Crippen molar-refractivity contribution in [3.8, 4) is 22.8 Å². The van der Waals surface area contributed by atoms with Crippen molar-refractivity contribution < 1.29 is 9.47 Å². The topological polar surface area (TPSA) is 36.3 Å². The zero-order valence-corrected chi connectivity index (χ0v) is 12.9. The maximum Gasteiger partial charge on any atom is 0.231 e. The number of ether oxygens (including phenoxy) is 2. The van der Waals surface area contributed by atoms with Gasteiger partial charge in [0.1, 0.15) is 0 Å². The molecule has 4 nitrogen and oxygen atoms in total. The van der Waals surface area contributed by atoms with Crippen LogP contribution in [0.25, 0.3) is 22.2 Å². The Morgan fingerprint density at radius 2 is 1.86 bits per heavy atom. The van der Waals surface area contributed by atoms with Crippen molar-refractivity contribution in [2.75, 3.05) is 6.79 Å². The van der Waals surface area contributed by atoms with Crippen LogP contribution in [0.5, 0.6) is 11.5 Å². The fraction of sp³-hybridized carbons (Fsp3) is 0.176. The van der Waals surface area contributed by atoms with E-state index < -0.39 is 0 Å². The van der Waals surface area contributed by atoms with E-state index in [2.05, 4.69) is 11.9 Å². The van der Waals surface area contributed by atoms with Crippen molar-refractivity contribution in [3.63, 3.8) is 0 Å². The summed E-state index contributed by atoms with van der Waals surface area (Å²) in [6, 6.07) is 14.1. The SMILES string of the molecule is CCn1c(=S)nc(-c2ccccc2)c2cc3c(cc21)OCO3. The van der Waals surface area contributed by atoms with Crippen LogP contribution in [-0.2, 0) is 6.54 Å². The molecule has 0 radical (unpaired) electrons. The second-order valence-corrected chi connectivity index (χ2v) is 5.44. The molecule has 22 heavy (non-hydrogen) atoms. The Bertz CT molecular complexity index is 919. The van der Waals surface area contributed by atoms with E-state index in [9.17, 15) is 0 Å². The highest BCUT2D eigenvalue weighted by Gasteiger charge is 2.18. The summed E-state index contributed by atoms with van der Waals surface area (Å²) in [6.45, 7) is 3.08. The number of rotatable bonds is 2. The molecule has 3 aromatic rings. The highest BCUT2D eigenvalue weighted by Crippen LogP contribution is 2.38. The number of hydrogen-bond acceptors (Lipinski definition) is 4. The van der Waals surface area contributed by atoms with E-state index in [1.54, 1.807) is 0 Å².